The number of rotatable bonds is 7. The number of ether oxygens (including phenoxy) is 2. The minimum atomic E-state index is -0.170. The summed E-state index contributed by atoms with van der Waals surface area (Å²) in [5.74, 6) is 1.39. The van der Waals surface area contributed by atoms with Gasteiger partial charge < -0.3 is 19.4 Å². The fourth-order valence-electron chi connectivity index (χ4n) is 4.19. The van der Waals surface area contributed by atoms with Crippen molar-refractivity contribution in [3.05, 3.63) is 58.7 Å². The third-order valence-electron chi connectivity index (χ3n) is 5.65. The third-order valence-corrected chi connectivity index (χ3v) is 5.95. The van der Waals surface area contributed by atoms with Crippen LogP contribution in [-0.4, -0.2) is 30.9 Å². The van der Waals surface area contributed by atoms with Crippen LogP contribution in [0.15, 0.2) is 42.5 Å². The van der Waals surface area contributed by atoms with Crippen LogP contribution < -0.4 is 25.6 Å². The molecule has 0 spiro atoms. The summed E-state index contributed by atoms with van der Waals surface area (Å²) in [5, 5.41) is 4.64. The maximum Gasteiger partial charge on any atom is 0.225 e. The summed E-state index contributed by atoms with van der Waals surface area (Å²) >= 11 is 6.16. The highest BCUT2D eigenvalue weighted by atomic mass is 35.5. The van der Waals surface area contributed by atoms with Gasteiger partial charge in [0.15, 0.2) is 0 Å². The molecular weight excluding hydrogens is 416 g/mol. The Morgan fingerprint density at radius 3 is 2.68 bits per heavy atom. The molecule has 2 unspecified atom stereocenters. The van der Waals surface area contributed by atoms with Gasteiger partial charge in [0.25, 0.3) is 0 Å². The van der Waals surface area contributed by atoms with Crippen molar-refractivity contribution in [2.75, 3.05) is 14.2 Å². The van der Waals surface area contributed by atoms with Crippen molar-refractivity contribution in [2.45, 2.75) is 38.5 Å². The van der Waals surface area contributed by atoms with E-state index in [1.807, 2.05) is 18.2 Å². The maximum atomic E-state index is 12.5. The Morgan fingerprint density at radius 1 is 1.16 bits per heavy atom. The lowest BCUT2D eigenvalue weighted by Crippen LogP contribution is -2.44. The number of methoxy groups -OCH3 is 2. The van der Waals surface area contributed by atoms with Gasteiger partial charge in [-0.25, -0.2) is 10.9 Å². The summed E-state index contributed by atoms with van der Waals surface area (Å²) in [7, 11) is 3.26. The van der Waals surface area contributed by atoms with Crippen molar-refractivity contribution in [3.8, 4) is 11.5 Å². The number of nitrogens with zero attached hydrogens (tertiary/aromatic N) is 1. The number of benzene rings is 2. The number of halogens is 1. The lowest BCUT2D eigenvalue weighted by molar-refractivity contribution is -0.121. The molecule has 4 rings (SSSR count). The highest BCUT2D eigenvalue weighted by molar-refractivity contribution is 6.32. The van der Waals surface area contributed by atoms with Crippen LogP contribution in [-0.2, 0) is 17.8 Å². The van der Waals surface area contributed by atoms with E-state index in [0.717, 1.165) is 40.9 Å². The lowest BCUT2D eigenvalue weighted by atomic mass is 10.1. The Hall–Kier alpha value is -2.74. The first-order valence-electron chi connectivity index (χ1n) is 10.3. The second-order valence-electron chi connectivity index (χ2n) is 7.55. The predicted molar refractivity (Wildman–Crippen MR) is 121 cm³/mol. The number of aromatic nitrogens is 1. The molecule has 1 aliphatic rings. The SMILES string of the molecule is CCn1c(C2CC(NC(=O)Cc3ccc(OC)c(Cl)c3)NN2)cc2c(OC)cccc21. The molecule has 0 aliphatic carbocycles. The van der Waals surface area contributed by atoms with Crippen molar-refractivity contribution in [2.24, 2.45) is 0 Å². The van der Waals surface area contributed by atoms with Crippen molar-refractivity contribution in [3.63, 3.8) is 0 Å². The highest BCUT2D eigenvalue weighted by Gasteiger charge is 2.29. The van der Waals surface area contributed by atoms with Gasteiger partial charge in [-0.2, -0.15) is 0 Å². The summed E-state index contributed by atoms with van der Waals surface area (Å²) in [6.45, 7) is 2.98. The Balaban J connectivity index is 1.44. The monoisotopic (exact) mass is 442 g/mol. The molecule has 0 saturated carbocycles. The molecule has 8 heteroatoms. The van der Waals surface area contributed by atoms with Crippen molar-refractivity contribution in [1.29, 1.82) is 0 Å². The van der Waals surface area contributed by atoms with Crippen molar-refractivity contribution >= 4 is 28.4 Å². The van der Waals surface area contributed by atoms with Crippen LogP contribution in [0, 0.1) is 0 Å². The molecule has 31 heavy (non-hydrogen) atoms. The third kappa shape index (κ3) is 4.35. The van der Waals surface area contributed by atoms with E-state index in [0.29, 0.717) is 10.8 Å². The van der Waals surface area contributed by atoms with Crippen LogP contribution >= 0.6 is 11.6 Å². The molecule has 0 radical (unpaired) electrons. The lowest BCUT2D eigenvalue weighted by Gasteiger charge is -2.14. The van der Waals surface area contributed by atoms with Gasteiger partial charge in [-0.05, 0) is 42.8 Å². The van der Waals surface area contributed by atoms with E-state index in [-0.39, 0.29) is 24.5 Å². The number of hydrogen-bond donors (Lipinski definition) is 3. The molecule has 164 valence electrons. The number of hydrazine groups is 1. The van der Waals surface area contributed by atoms with Gasteiger partial charge in [0.05, 0.1) is 43.4 Å². The molecule has 1 aromatic heterocycles. The number of hydrogen-bond acceptors (Lipinski definition) is 5. The first-order valence-corrected chi connectivity index (χ1v) is 10.7. The summed E-state index contributed by atoms with van der Waals surface area (Å²) in [4.78, 5) is 12.5. The number of nitrogens with one attached hydrogen (secondary N) is 3. The number of amides is 1. The van der Waals surface area contributed by atoms with Crippen LogP contribution in [0.25, 0.3) is 10.9 Å². The first-order chi connectivity index (χ1) is 15.0. The molecule has 1 aliphatic heterocycles. The molecule has 0 bridgehead atoms. The molecule has 2 atom stereocenters. The van der Waals surface area contributed by atoms with Crippen LogP contribution in [0.3, 0.4) is 0 Å². The second-order valence-corrected chi connectivity index (χ2v) is 7.96. The maximum absolute atomic E-state index is 12.5. The highest BCUT2D eigenvalue weighted by Crippen LogP contribution is 2.33. The second kappa shape index (κ2) is 9.18. The smallest absolute Gasteiger partial charge is 0.225 e. The fraction of sp³-hybridized carbons (Fsp3) is 0.348. The molecule has 3 N–H and O–H groups in total. The zero-order valence-corrected chi connectivity index (χ0v) is 18.6. The summed E-state index contributed by atoms with van der Waals surface area (Å²) < 4.78 is 13.0. The zero-order chi connectivity index (χ0) is 22.0. The van der Waals surface area contributed by atoms with Crippen LogP contribution in [0.4, 0.5) is 0 Å². The molecule has 3 aromatic rings. The average molecular weight is 443 g/mol. The first kappa shape index (κ1) is 21.5. The Kier molecular flexibility index (Phi) is 6.36. The van der Waals surface area contributed by atoms with Gasteiger partial charge in [-0.1, -0.05) is 23.7 Å². The van der Waals surface area contributed by atoms with E-state index in [2.05, 4.69) is 39.8 Å². The molecule has 1 fully saturated rings. The normalized spacial score (nSPS) is 18.3. The van der Waals surface area contributed by atoms with Gasteiger partial charge >= 0.3 is 0 Å². The van der Waals surface area contributed by atoms with Crippen LogP contribution in [0.5, 0.6) is 11.5 Å². The minimum absolute atomic E-state index is 0.0674. The Morgan fingerprint density at radius 2 is 1.97 bits per heavy atom. The largest absolute Gasteiger partial charge is 0.496 e. The summed E-state index contributed by atoms with van der Waals surface area (Å²) in [6, 6.07) is 13.7. The molecule has 1 saturated heterocycles. The van der Waals surface area contributed by atoms with E-state index in [1.165, 1.54) is 0 Å². The molecule has 2 aromatic carbocycles. The van der Waals surface area contributed by atoms with Crippen LogP contribution in [0.1, 0.15) is 30.6 Å². The van der Waals surface area contributed by atoms with Crippen molar-refractivity contribution < 1.29 is 14.3 Å². The minimum Gasteiger partial charge on any atom is -0.496 e. The van der Waals surface area contributed by atoms with E-state index in [9.17, 15) is 4.79 Å². The topological polar surface area (TPSA) is 76.6 Å². The summed E-state index contributed by atoms with van der Waals surface area (Å²) in [6.07, 6.45) is 0.809. The molecular formula is C23H27ClN4O3. The van der Waals surface area contributed by atoms with E-state index < -0.39 is 0 Å². The van der Waals surface area contributed by atoms with E-state index in [4.69, 9.17) is 21.1 Å². The van der Waals surface area contributed by atoms with E-state index in [1.54, 1.807) is 26.4 Å². The average Bonchev–Trinajstić information content (AvgIpc) is 3.37. The van der Waals surface area contributed by atoms with Gasteiger partial charge in [-0.3, -0.25) is 4.79 Å². The number of fused-ring (bicyclic) bond motifs is 1. The number of aryl methyl sites for hydroxylation is 1. The number of carbonyl (C=O) groups excluding carboxylic acids is 1. The van der Waals surface area contributed by atoms with E-state index >= 15 is 0 Å². The molecule has 1 amide bonds. The quantitative estimate of drug-likeness (QED) is 0.521. The van der Waals surface area contributed by atoms with Crippen LogP contribution in [0.2, 0.25) is 5.02 Å². The van der Waals surface area contributed by atoms with Gasteiger partial charge in [-0.15, -0.1) is 0 Å². The van der Waals surface area contributed by atoms with Gasteiger partial charge in [0.1, 0.15) is 11.5 Å². The van der Waals surface area contributed by atoms with Gasteiger partial charge in [0, 0.05) is 24.0 Å². The standard InChI is InChI=1S/C23H27ClN4O3/c1-4-28-18-6-5-7-20(30-2)15(18)12-19(28)17-13-22(27-26-17)25-23(29)11-14-8-9-21(31-3)16(24)10-14/h5-10,12,17,22,26-27H,4,11,13H2,1-3H3,(H,25,29). The Labute approximate surface area is 186 Å². The predicted octanol–water partition coefficient (Wildman–Crippen LogP) is 3.56. The Bertz CT molecular complexity index is 1100. The zero-order valence-electron chi connectivity index (χ0n) is 17.9. The summed E-state index contributed by atoms with van der Waals surface area (Å²) in [5.41, 5.74) is 9.67. The van der Waals surface area contributed by atoms with Crippen molar-refractivity contribution in [1.82, 2.24) is 20.7 Å². The molecule has 7 nitrogen and oxygen atoms in total. The van der Waals surface area contributed by atoms with Gasteiger partial charge in [0.2, 0.25) is 5.91 Å². The number of carbonyl (C=O) groups is 1. The fourth-order valence-corrected chi connectivity index (χ4v) is 4.47. The molecule has 2 heterocycles.